The summed E-state index contributed by atoms with van der Waals surface area (Å²) in [5.74, 6) is -3.97. The van der Waals surface area contributed by atoms with Crippen LogP contribution in [0.2, 0.25) is 10.0 Å². The molecule has 2 heterocycles. The van der Waals surface area contributed by atoms with Gasteiger partial charge in [-0.05, 0) is 6.54 Å². The highest BCUT2D eigenvalue weighted by Crippen LogP contribution is 2.52. The number of likely N-dealkylation sites (N-methyl/N-ethyl adjacent to an activating group) is 1. The molecule has 0 N–H and O–H groups in total. The summed E-state index contributed by atoms with van der Waals surface area (Å²) in [6.45, 7) is 3.70. The highest BCUT2D eigenvalue weighted by molar-refractivity contribution is 6.68. The maximum Gasteiger partial charge on any atom is 0.449 e. The zero-order chi connectivity index (χ0) is 21.6. The van der Waals surface area contributed by atoms with Crippen LogP contribution >= 0.6 is 58.0 Å². The fraction of sp³-hybridized carbons (Fsp3) is 0.562. The lowest BCUT2D eigenvalue weighted by molar-refractivity contribution is -0.0906. The van der Waals surface area contributed by atoms with Crippen LogP contribution in [0.15, 0.2) is 17.1 Å². The van der Waals surface area contributed by atoms with Gasteiger partial charge in [0.1, 0.15) is 0 Å². The fourth-order valence-corrected chi connectivity index (χ4v) is 3.61. The molecule has 0 aliphatic carbocycles. The summed E-state index contributed by atoms with van der Waals surface area (Å²) >= 11 is 29.7. The number of hydrogen-bond donors (Lipinski definition) is 0. The molecule has 0 aromatic heterocycles. The summed E-state index contributed by atoms with van der Waals surface area (Å²) in [5.41, 5.74) is 0. The molecule has 2 aliphatic heterocycles. The summed E-state index contributed by atoms with van der Waals surface area (Å²) in [5, 5.41) is 0.176. The topological polar surface area (TPSA) is 37.3 Å². The number of amidine groups is 1. The van der Waals surface area contributed by atoms with Gasteiger partial charge in [0.2, 0.25) is 5.84 Å². The maximum atomic E-state index is 13.9. The lowest BCUT2D eigenvalue weighted by atomic mass is 10.3. The minimum absolute atomic E-state index is 0.0493. The number of halogens is 8. The van der Waals surface area contributed by atoms with E-state index in [9.17, 15) is 13.2 Å². The van der Waals surface area contributed by atoms with Crippen LogP contribution in [0.4, 0.5) is 13.2 Å². The molecule has 2 aliphatic rings. The zero-order valence-corrected chi connectivity index (χ0v) is 18.7. The van der Waals surface area contributed by atoms with E-state index in [0.29, 0.717) is 13.1 Å². The van der Waals surface area contributed by atoms with Crippen LogP contribution in [-0.4, -0.2) is 64.2 Å². The largest absolute Gasteiger partial charge is 0.449 e. The summed E-state index contributed by atoms with van der Waals surface area (Å²) in [6.07, 6.45) is -4.84. The van der Waals surface area contributed by atoms with Gasteiger partial charge < -0.3 is 19.3 Å². The smallest absolute Gasteiger partial charge is 0.427 e. The molecule has 5 nitrogen and oxygen atoms in total. The van der Waals surface area contributed by atoms with E-state index in [1.165, 1.54) is 12.1 Å². The minimum Gasteiger partial charge on any atom is -0.427 e. The molecule has 29 heavy (non-hydrogen) atoms. The average molecular weight is 516 g/mol. The Morgan fingerprint density at radius 3 is 1.90 bits per heavy atom. The number of piperazine rings is 1. The molecule has 0 bridgehead atoms. The van der Waals surface area contributed by atoms with Gasteiger partial charge in [0, 0.05) is 38.3 Å². The normalized spacial score (nSPS) is 20.3. The van der Waals surface area contributed by atoms with Gasteiger partial charge in [-0.2, -0.15) is 18.2 Å². The van der Waals surface area contributed by atoms with Gasteiger partial charge in [0.15, 0.2) is 11.5 Å². The van der Waals surface area contributed by atoms with Crippen molar-refractivity contribution >= 4 is 63.8 Å². The second-order valence-corrected chi connectivity index (χ2v) is 9.45. The van der Waals surface area contributed by atoms with Crippen molar-refractivity contribution in [1.82, 2.24) is 9.80 Å². The first-order chi connectivity index (χ1) is 13.4. The second-order valence-electron chi connectivity index (χ2n) is 6.35. The Hall–Kier alpha value is -0.510. The highest BCUT2D eigenvalue weighted by Gasteiger charge is 2.61. The lowest BCUT2D eigenvalue weighted by Crippen LogP contribution is -2.56. The molecule has 1 saturated heterocycles. The monoisotopic (exact) mass is 513 g/mol. The van der Waals surface area contributed by atoms with E-state index in [-0.39, 0.29) is 34.6 Å². The summed E-state index contributed by atoms with van der Waals surface area (Å²) in [6, 6.07) is 2.50. The van der Waals surface area contributed by atoms with E-state index < -0.39 is 21.7 Å². The third kappa shape index (κ3) is 4.72. The molecular weight excluding hydrogens is 500 g/mol. The Labute approximate surface area is 190 Å². The van der Waals surface area contributed by atoms with Crippen LogP contribution < -0.4 is 9.47 Å². The first-order valence-corrected chi connectivity index (χ1v) is 10.3. The van der Waals surface area contributed by atoms with Gasteiger partial charge in [-0.3, -0.25) is 0 Å². The number of alkyl halides is 6. The van der Waals surface area contributed by atoms with E-state index in [0.717, 1.165) is 11.4 Å². The van der Waals surface area contributed by atoms with Gasteiger partial charge >= 0.3 is 12.1 Å². The van der Waals surface area contributed by atoms with Gasteiger partial charge in [0.05, 0.1) is 10.0 Å². The molecular formula is C16H15Cl5F3N3O2. The number of fused-ring (bicyclic) bond motifs is 1. The van der Waals surface area contributed by atoms with Crippen molar-refractivity contribution in [3.63, 3.8) is 0 Å². The van der Waals surface area contributed by atoms with Crippen LogP contribution in [0.5, 0.6) is 11.5 Å². The first-order valence-electron chi connectivity index (χ1n) is 8.44. The van der Waals surface area contributed by atoms with E-state index in [1.807, 2.05) is 11.8 Å². The third-order valence-electron chi connectivity index (χ3n) is 4.47. The van der Waals surface area contributed by atoms with Gasteiger partial charge in [-0.1, -0.05) is 64.9 Å². The Bertz CT molecular complexity index is 777. The molecule has 1 fully saturated rings. The number of nitrogens with zero attached hydrogens (tertiary/aromatic N) is 3. The van der Waals surface area contributed by atoms with E-state index in [1.54, 1.807) is 0 Å². The van der Waals surface area contributed by atoms with Crippen LogP contribution in [0.1, 0.15) is 6.92 Å². The molecule has 13 heteroatoms. The molecule has 1 aromatic carbocycles. The summed E-state index contributed by atoms with van der Waals surface area (Å²) in [4.78, 5) is 6.75. The Morgan fingerprint density at radius 2 is 1.52 bits per heavy atom. The van der Waals surface area contributed by atoms with Crippen LogP contribution in [-0.2, 0) is 0 Å². The van der Waals surface area contributed by atoms with E-state index in [4.69, 9.17) is 67.5 Å². The van der Waals surface area contributed by atoms with Gasteiger partial charge in [-0.15, -0.1) is 0 Å². The SMILES string of the molecule is CCN1CCN(/C(=N\C2(C(Cl)(Cl)Cl)Oc3cc(Cl)c(Cl)cc3O2)C(F)(F)F)CC1. The number of benzene rings is 1. The Balaban J connectivity index is 2.03. The molecule has 1 aromatic rings. The molecule has 0 atom stereocenters. The van der Waals surface area contributed by atoms with Crippen molar-refractivity contribution < 1.29 is 22.6 Å². The second kappa shape index (κ2) is 8.20. The average Bonchev–Trinajstić information content (AvgIpc) is 2.98. The van der Waals surface area contributed by atoms with Gasteiger partial charge in [-0.25, -0.2) is 0 Å². The van der Waals surface area contributed by atoms with Crippen molar-refractivity contribution in [3.8, 4) is 11.5 Å². The van der Waals surface area contributed by atoms with E-state index in [2.05, 4.69) is 4.99 Å². The number of rotatable bonds is 2. The predicted molar refractivity (Wildman–Crippen MR) is 108 cm³/mol. The minimum atomic E-state index is -4.84. The maximum absolute atomic E-state index is 13.9. The van der Waals surface area contributed by atoms with Crippen LogP contribution in [0.3, 0.4) is 0 Å². The lowest BCUT2D eigenvalue weighted by Gasteiger charge is -2.38. The van der Waals surface area contributed by atoms with Crippen molar-refractivity contribution in [1.29, 1.82) is 0 Å². The Morgan fingerprint density at radius 1 is 1.03 bits per heavy atom. The first kappa shape index (κ1) is 23.2. The van der Waals surface area contributed by atoms with Crippen molar-refractivity contribution in [3.05, 3.63) is 22.2 Å². The Kier molecular flexibility index (Phi) is 6.55. The molecule has 162 valence electrons. The molecule has 0 saturated carbocycles. The predicted octanol–water partition coefficient (Wildman–Crippen LogP) is 5.39. The summed E-state index contributed by atoms with van der Waals surface area (Å²) in [7, 11) is 0. The number of aliphatic imine (C=N–C) groups is 1. The van der Waals surface area contributed by atoms with Crippen molar-refractivity contribution in [2.75, 3.05) is 32.7 Å². The third-order valence-corrected chi connectivity index (χ3v) is 5.91. The highest BCUT2D eigenvalue weighted by atomic mass is 35.6. The molecule has 0 radical (unpaired) electrons. The van der Waals surface area contributed by atoms with E-state index >= 15 is 0 Å². The molecule has 0 unspecified atom stereocenters. The van der Waals surface area contributed by atoms with Gasteiger partial charge in [0.25, 0.3) is 3.79 Å². The summed E-state index contributed by atoms with van der Waals surface area (Å²) < 4.78 is 50.1. The van der Waals surface area contributed by atoms with Crippen molar-refractivity contribution in [2.45, 2.75) is 22.8 Å². The quantitative estimate of drug-likeness (QED) is 0.301. The zero-order valence-electron chi connectivity index (χ0n) is 14.9. The number of ether oxygens (including phenoxy) is 2. The number of hydrogen-bond acceptors (Lipinski definition) is 4. The molecule has 3 rings (SSSR count). The molecule has 0 spiro atoms. The standard InChI is InChI=1S/C16H15Cl5F3N3O2/c1-2-26-3-5-27(6-4-26)13(14(22,23)24)25-16(15(19,20)21)28-11-7-9(17)10(18)8-12(11)29-16/h7-8H,2-6H2,1H3/b25-13-. The fourth-order valence-electron chi connectivity index (χ4n) is 2.94. The van der Waals surface area contributed by atoms with Crippen LogP contribution in [0, 0.1) is 0 Å². The van der Waals surface area contributed by atoms with Crippen molar-refractivity contribution in [2.24, 2.45) is 4.99 Å². The van der Waals surface area contributed by atoms with Crippen LogP contribution in [0.25, 0.3) is 0 Å². The molecule has 0 amide bonds.